The summed E-state index contributed by atoms with van der Waals surface area (Å²) in [6, 6.07) is 3.67. The quantitative estimate of drug-likeness (QED) is 0.859. The van der Waals surface area contributed by atoms with Gasteiger partial charge >= 0.3 is 12.1 Å². The van der Waals surface area contributed by atoms with Crippen molar-refractivity contribution < 1.29 is 32.7 Å². The molecule has 26 heavy (non-hydrogen) atoms. The first-order valence-electron chi connectivity index (χ1n) is 7.92. The van der Waals surface area contributed by atoms with Crippen LogP contribution in [0.1, 0.15) is 30.0 Å². The minimum absolute atomic E-state index is 0.0116. The smallest absolute Gasteiger partial charge is 0.416 e. The Hall–Kier alpha value is -2.58. The number of hydrogen-bond donors (Lipinski definition) is 1. The zero-order valence-corrected chi connectivity index (χ0v) is 14.3. The largest absolute Gasteiger partial charge is 0.481 e. The molecule has 9 heteroatoms. The van der Waals surface area contributed by atoms with Crippen LogP contribution in [0.4, 0.5) is 13.2 Å². The van der Waals surface area contributed by atoms with Gasteiger partial charge in [-0.25, -0.2) is 0 Å². The van der Waals surface area contributed by atoms with Gasteiger partial charge in [-0.3, -0.25) is 14.4 Å². The van der Waals surface area contributed by atoms with Crippen LogP contribution < -0.4 is 0 Å². The summed E-state index contributed by atoms with van der Waals surface area (Å²) in [5.41, 5.74) is -0.383. The van der Waals surface area contributed by atoms with Crippen LogP contribution >= 0.6 is 0 Å². The second-order valence-corrected chi connectivity index (χ2v) is 6.28. The maximum Gasteiger partial charge on any atom is 0.416 e. The van der Waals surface area contributed by atoms with Crippen molar-refractivity contribution >= 4 is 17.8 Å². The lowest BCUT2D eigenvalue weighted by Gasteiger charge is -2.28. The van der Waals surface area contributed by atoms with Gasteiger partial charge in [-0.05, 0) is 17.7 Å². The fourth-order valence-corrected chi connectivity index (χ4v) is 3.07. The van der Waals surface area contributed by atoms with Crippen LogP contribution in [0, 0.1) is 5.92 Å². The first-order valence-corrected chi connectivity index (χ1v) is 7.92. The predicted octanol–water partition coefficient (Wildman–Crippen LogP) is 2.16. The van der Waals surface area contributed by atoms with Crippen LogP contribution in [-0.4, -0.2) is 53.3 Å². The van der Waals surface area contributed by atoms with E-state index >= 15 is 0 Å². The summed E-state index contributed by atoms with van der Waals surface area (Å²) in [6.07, 6.45) is -4.77. The van der Waals surface area contributed by atoms with Gasteiger partial charge in [0.25, 0.3) is 0 Å². The van der Waals surface area contributed by atoms with Gasteiger partial charge in [0.2, 0.25) is 11.8 Å². The zero-order chi connectivity index (χ0) is 19.6. The molecular weight excluding hydrogens is 353 g/mol. The van der Waals surface area contributed by atoms with E-state index in [0.29, 0.717) is 5.56 Å². The van der Waals surface area contributed by atoms with Crippen molar-refractivity contribution in [1.29, 1.82) is 0 Å². The number of aliphatic carboxylic acids is 1. The molecular formula is C17H19F3N2O4. The molecule has 0 aliphatic carbocycles. The Morgan fingerprint density at radius 2 is 1.85 bits per heavy atom. The molecule has 1 aliphatic heterocycles. The molecule has 0 bridgehead atoms. The molecule has 1 N–H and O–H groups in total. The Kier molecular flexibility index (Phi) is 5.58. The number of halogens is 3. The number of carboxylic acid groups (broad SMARTS) is 1. The standard InChI is InChI=1S/C17H19F3N2O4/c1-21(8-7-14(24)25)16(26)12-9-13(23)22(2)15(12)10-3-5-11(6-4-10)17(18,19)20/h3-6,12,15H,7-9H2,1-2H3,(H,24,25)/t12-,15-/m1/s1. The van der Waals surface area contributed by atoms with Gasteiger partial charge < -0.3 is 14.9 Å². The summed E-state index contributed by atoms with van der Waals surface area (Å²) < 4.78 is 38.2. The number of carbonyl (C=O) groups excluding carboxylic acids is 2. The second kappa shape index (κ2) is 7.35. The van der Waals surface area contributed by atoms with Crippen LogP contribution in [0.2, 0.25) is 0 Å². The Labute approximate surface area is 148 Å². The van der Waals surface area contributed by atoms with Crippen LogP contribution in [0.25, 0.3) is 0 Å². The zero-order valence-electron chi connectivity index (χ0n) is 14.3. The van der Waals surface area contributed by atoms with Gasteiger partial charge in [-0.2, -0.15) is 13.2 Å². The highest BCUT2D eigenvalue weighted by Crippen LogP contribution is 2.39. The number of amides is 2. The van der Waals surface area contributed by atoms with E-state index in [1.165, 1.54) is 36.0 Å². The number of carbonyl (C=O) groups is 3. The minimum atomic E-state index is -4.47. The fourth-order valence-electron chi connectivity index (χ4n) is 3.07. The Morgan fingerprint density at radius 3 is 2.35 bits per heavy atom. The molecule has 6 nitrogen and oxygen atoms in total. The van der Waals surface area contributed by atoms with Gasteiger partial charge in [0.15, 0.2) is 0 Å². The molecule has 1 heterocycles. The molecule has 0 unspecified atom stereocenters. The SMILES string of the molecule is CN(CCC(=O)O)C(=O)[C@@H]1CC(=O)N(C)[C@@H]1c1ccc(C(F)(F)F)cc1. The van der Waals surface area contributed by atoms with Crippen molar-refractivity contribution in [2.24, 2.45) is 5.92 Å². The summed E-state index contributed by atoms with van der Waals surface area (Å²) in [4.78, 5) is 37.9. The van der Waals surface area contributed by atoms with Crippen molar-refractivity contribution in [2.75, 3.05) is 20.6 Å². The number of hydrogen-bond acceptors (Lipinski definition) is 3. The number of rotatable bonds is 5. The van der Waals surface area contributed by atoms with E-state index in [1.807, 2.05) is 0 Å². The van der Waals surface area contributed by atoms with Crippen molar-refractivity contribution in [2.45, 2.75) is 25.1 Å². The normalized spacial score (nSPS) is 20.3. The minimum Gasteiger partial charge on any atom is -0.481 e. The molecule has 0 saturated carbocycles. The molecule has 1 aromatic rings. The summed E-state index contributed by atoms with van der Waals surface area (Å²) in [5.74, 6) is -2.53. The van der Waals surface area contributed by atoms with E-state index in [1.54, 1.807) is 0 Å². The number of likely N-dealkylation sites (tertiary alicyclic amines) is 1. The lowest BCUT2D eigenvalue weighted by Crippen LogP contribution is -2.37. The van der Waals surface area contributed by atoms with Gasteiger partial charge in [0.1, 0.15) is 0 Å². The Morgan fingerprint density at radius 1 is 1.27 bits per heavy atom. The number of carboxylic acids is 1. The molecule has 142 valence electrons. The van der Waals surface area contributed by atoms with Crippen molar-refractivity contribution in [1.82, 2.24) is 9.80 Å². The maximum absolute atomic E-state index is 12.7. The number of alkyl halides is 3. The third-order valence-corrected chi connectivity index (χ3v) is 4.52. The molecule has 0 aromatic heterocycles. The summed E-state index contributed by atoms with van der Waals surface area (Å²) in [5, 5.41) is 8.72. The number of benzene rings is 1. The average Bonchev–Trinajstić information content (AvgIpc) is 2.86. The highest BCUT2D eigenvalue weighted by atomic mass is 19.4. The monoisotopic (exact) mass is 372 g/mol. The van der Waals surface area contributed by atoms with Gasteiger partial charge in [-0.1, -0.05) is 12.1 Å². The van der Waals surface area contributed by atoms with Crippen molar-refractivity contribution in [3.63, 3.8) is 0 Å². The molecule has 0 radical (unpaired) electrons. The second-order valence-electron chi connectivity index (χ2n) is 6.28. The Balaban J connectivity index is 2.25. The summed E-state index contributed by atoms with van der Waals surface area (Å²) >= 11 is 0. The van der Waals surface area contributed by atoms with Crippen molar-refractivity contribution in [3.05, 3.63) is 35.4 Å². The molecule has 1 fully saturated rings. The molecule has 2 rings (SSSR count). The van der Waals surface area contributed by atoms with Crippen LogP contribution in [-0.2, 0) is 20.6 Å². The van der Waals surface area contributed by atoms with Gasteiger partial charge in [0.05, 0.1) is 23.9 Å². The molecule has 1 saturated heterocycles. The third kappa shape index (κ3) is 4.14. The maximum atomic E-state index is 12.7. The van der Waals surface area contributed by atoms with Gasteiger partial charge in [-0.15, -0.1) is 0 Å². The number of nitrogens with zero attached hydrogens (tertiary/aromatic N) is 2. The van der Waals surface area contributed by atoms with Crippen molar-refractivity contribution in [3.8, 4) is 0 Å². The van der Waals surface area contributed by atoms with E-state index < -0.39 is 35.6 Å². The summed E-state index contributed by atoms with van der Waals surface area (Å²) in [7, 11) is 2.94. The van der Waals surface area contributed by atoms with E-state index in [0.717, 1.165) is 12.1 Å². The van der Waals surface area contributed by atoms with E-state index in [2.05, 4.69) is 0 Å². The van der Waals surface area contributed by atoms with E-state index in [9.17, 15) is 27.6 Å². The summed E-state index contributed by atoms with van der Waals surface area (Å²) in [6.45, 7) is -0.0116. The first kappa shape index (κ1) is 19.7. The topological polar surface area (TPSA) is 77.9 Å². The molecule has 1 aliphatic rings. The first-order chi connectivity index (χ1) is 12.0. The average molecular weight is 372 g/mol. The fraction of sp³-hybridized carbons (Fsp3) is 0.471. The highest BCUT2D eigenvalue weighted by Gasteiger charge is 2.44. The lowest BCUT2D eigenvalue weighted by atomic mass is 9.92. The van der Waals surface area contributed by atoms with Crippen LogP contribution in [0.3, 0.4) is 0 Å². The lowest BCUT2D eigenvalue weighted by molar-refractivity contribution is -0.140. The third-order valence-electron chi connectivity index (χ3n) is 4.52. The Bertz CT molecular complexity index is 703. The predicted molar refractivity (Wildman–Crippen MR) is 85.0 cm³/mol. The van der Waals surface area contributed by atoms with E-state index in [-0.39, 0.29) is 25.3 Å². The van der Waals surface area contributed by atoms with Gasteiger partial charge in [0, 0.05) is 27.1 Å². The highest BCUT2D eigenvalue weighted by molar-refractivity contribution is 5.90. The molecule has 0 spiro atoms. The van der Waals surface area contributed by atoms with Crippen LogP contribution in [0.15, 0.2) is 24.3 Å². The molecule has 1 aromatic carbocycles. The van der Waals surface area contributed by atoms with E-state index in [4.69, 9.17) is 5.11 Å². The van der Waals surface area contributed by atoms with Crippen LogP contribution in [0.5, 0.6) is 0 Å². The molecule has 2 amide bonds. The molecule has 2 atom stereocenters.